The summed E-state index contributed by atoms with van der Waals surface area (Å²) >= 11 is 6.14. The summed E-state index contributed by atoms with van der Waals surface area (Å²) in [6.07, 6.45) is 0. The molecule has 3 N–H and O–H groups in total. The second-order valence-electron chi connectivity index (χ2n) is 4.58. The van der Waals surface area contributed by atoms with E-state index in [1.807, 2.05) is 18.2 Å². The molecule has 0 amide bonds. The zero-order chi connectivity index (χ0) is 14.4. The lowest BCUT2D eigenvalue weighted by Crippen LogP contribution is -2.26. The van der Waals surface area contributed by atoms with Gasteiger partial charge in [-0.05, 0) is 17.7 Å². The molecule has 4 nitrogen and oxygen atoms in total. The van der Waals surface area contributed by atoms with E-state index >= 15 is 0 Å². The number of rotatable bonds is 6. The Labute approximate surface area is 123 Å². The lowest BCUT2D eigenvalue weighted by Gasteiger charge is -2.21. The summed E-state index contributed by atoms with van der Waals surface area (Å²) in [4.78, 5) is 6.35. The van der Waals surface area contributed by atoms with Crippen molar-refractivity contribution < 1.29 is 5.11 Å². The molecule has 0 fully saturated rings. The Morgan fingerprint density at radius 3 is 2.55 bits per heavy atom. The summed E-state index contributed by atoms with van der Waals surface area (Å²) in [5, 5.41) is 9.79. The van der Waals surface area contributed by atoms with Crippen LogP contribution in [0.1, 0.15) is 11.3 Å². The van der Waals surface area contributed by atoms with Gasteiger partial charge in [0.2, 0.25) is 0 Å². The molecule has 2 rings (SSSR count). The van der Waals surface area contributed by atoms with Crippen molar-refractivity contribution in [3.63, 3.8) is 0 Å². The largest absolute Gasteiger partial charge is 0.395 e. The van der Waals surface area contributed by atoms with Gasteiger partial charge in [-0.1, -0.05) is 41.9 Å². The van der Waals surface area contributed by atoms with E-state index in [1.54, 1.807) is 12.1 Å². The van der Waals surface area contributed by atoms with Crippen molar-refractivity contribution in [2.24, 2.45) is 0 Å². The number of aliphatic hydroxyl groups is 1. The van der Waals surface area contributed by atoms with Crippen molar-refractivity contribution in [2.45, 2.75) is 13.1 Å². The summed E-state index contributed by atoms with van der Waals surface area (Å²) in [6, 6.07) is 13.5. The van der Waals surface area contributed by atoms with Crippen LogP contribution in [0, 0.1) is 0 Å². The minimum atomic E-state index is 0.0900. The van der Waals surface area contributed by atoms with E-state index in [9.17, 15) is 5.11 Å². The third kappa shape index (κ3) is 4.20. The van der Waals surface area contributed by atoms with Crippen LogP contribution in [0.3, 0.4) is 0 Å². The molecular formula is C15H18ClN3O. The summed E-state index contributed by atoms with van der Waals surface area (Å²) in [5.41, 5.74) is 7.61. The third-order valence-electron chi connectivity index (χ3n) is 2.98. The van der Waals surface area contributed by atoms with Crippen LogP contribution in [0.5, 0.6) is 0 Å². The average Bonchev–Trinajstić information content (AvgIpc) is 2.44. The Hall–Kier alpha value is -1.62. The summed E-state index contributed by atoms with van der Waals surface area (Å²) in [6.45, 7) is 1.93. The smallest absolute Gasteiger partial charge is 0.123 e. The van der Waals surface area contributed by atoms with E-state index < -0.39 is 0 Å². The molecule has 0 saturated carbocycles. The van der Waals surface area contributed by atoms with Gasteiger partial charge in [-0.25, -0.2) is 4.98 Å². The van der Waals surface area contributed by atoms with Crippen molar-refractivity contribution in [3.05, 3.63) is 58.7 Å². The van der Waals surface area contributed by atoms with Crippen LogP contribution in [-0.4, -0.2) is 28.1 Å². The van der Waals surface area contributed by atoms with Gasteiger partial charge in [0, 0.05) is 19.6 Å². The molecule has 2 aromatic rings. The molecule has 0 aliphatic carbocycles. The van der Waals surface area contributed by atoms with Gasteiger partial charge in [-0.3, -0.25) is 4.90 Å². The van der Waals surface area contributed by atoms with E-state index in [4.69, 9.17) is 17.3 Å². The number of nitrogens with zero attached hydrogens (tertiary/aromatic N) is 2. The summed E-state index contributed by atoms with van der Waals surface area (Å²) in [5.74, 6) is 0.452. The molecule has 5 heteroatoms. The molecule has 0 bridgehead atoms. The number of halogens is 1. The SMILES string of the molecule is Nc1ccc(Cl)c(CN(CCO)Cc2ccccc2)n1. The van der Waals surface area contributed by atoms with Crippen molar-refractivity contribution in [1.82, 2.24) is 9.88 Å². The van der Waals surface area contributed by atoms with Crippen molar-refractivity contribution >= 4 is 17.4 Å². The Kier molecular flexibility index (Phi) is 5.35. The number of nitrogen functional groups attached to an aromatic ring is 1. The van der Waals surface area contributed by atoms with Crippen molar-refractivity contribution in [1.29, 1.82) is 0 Å². The van der Waals surface area contributed by atoms with Crippen LogP contribution in [0.25, 0.3) is 0 Å². The predicted molar refractivity (Wildman–Crippen MR) is 81.3 cm³/mol. The predicted octanol–water partition coefficient (Wildman–Crippen LogP) is 2.31. The fourth-order valence-electron chi connectivity index (χ4n) is 2.02. The van der Waals surface area contributed by atoms with Crippen LogP contribution in [0.15, 0.2) is 42.5 Å². The normalized spacial score (nSPS) is 10.9. The number of pyridine rings is 1. The lowest BCUT2D eigenvalue weighted by molar-refractivity contribution is 0.183. The second kappa shape index (κ2) is 7.24. The first-order chi connectivity index (χ1) is 9.69. The molecule has 0 atom stereocenters. The van der Waals surface area contributed by atoms with E-state index in [2.05, 4.69) is 22.0 Å². The van der Waals surface area contributed by atoms with Crippen molar-refractivity contribution in [2.75, 3.05) is 18.9 Å². The van der Waals surface area contributed by atoms with Gasteiger partial charge in [0.25, 0.3) is 0 Å². The van der Waals surface area contributed by atoms with Gasteiger partial charge < -0.3 is 10.8 Å². The molecule has 0 aliphatic heterocycles. The number of benzene rings is 1. The van der Waals surface area contributed by atoms with E-state index in [0.29, 0.717) is 23.9 Å². The highest BCUT2D eigenvalue weighted by atomic mass is 35.5. The average molecular weight is 292 g/mol. The first-order valence-corrected chi connectivity index (χ1v) is 6.85. The summed E-state index contributed by atoms with van der Waals surface area (Å²) < 4.78 is 0. The molecule has 1 aromatic carbocycles. The van der Waals surface area contributed by atoms with Crippen molar-refractivity contribution in [3.8, 4) is 0 Å². The van der Waals surface area contributed by atoms with Crippen LogP contribution >= 0.6 is 11.6 Å². The first-order valence-electron chi connectivity index (χ1n) is 6.47. The highest BCUT2D eigenvalue weighted by Crippen LogP contribution is 2.18. The minimum Gasteiger partial charge on any atom is -0.395 e. The number of nitrogens with two attached hydrogens (primary N) is 1. The van der Waals surface area contributed by atoms with Gasteiger partial charge >= 0.3 is 0 Å². The molecule has 0 saturated heterocycles. The topological polar surface area (TPSA) is 62.4 Å². The Bertz CT molecular complexity index is 548. The van der Waals surface area contributed by atoms with Gasteiger partial charge in [0.1, 0.15) is 5.82 Å². The van der Waals surface area contributed by atoms with E-state index in [-0.39, 0.29) is 6.61 Å². The maximum atomic E-state index is 9.20. The highest BCUT2D eigenvalue weighted by Gasteiger charge is 2.10. The number of aliphatic hydroxyl groups excluding tert-OH is 1. The Morgan fingerprint density at radius 1 is 1.10 bits per heavy atom. The molecule has 106 valence electrons. The van der Waals surface area contributed by atoms with Crippen LogP contribution < -0.4 is 5.73 Å². The highest BCUT2D eigenvalue weighted by molar-refractivity contribution is 6.31. The molecular weight excluding hydrogens is 274 g/mol. The molecule has 0 aliphatic rings. The Balaban J connectivity index is 2.11. The second-order valence-corrected chi connectivity index (χ2v) is 4.99. The zero-order valence-corrected chi connectivity index (χ0v) is 11.9. The number of hydrogen-bond donors (Lipinski definition) is 2. The fraction of sp³-hybridized carbons (Fsp3) is 0.267. The zero-order valence-electron chi connectivity index (χ0n) is 11.2. The first kappa shape index (κ1) is 14.8. The van der Waals surface area contributed by atoms with Crippen LogP contribution in [0.4, 0.5) is 5.82 Å². The van der Waals surface area contributed by atoms with E-state index in [1.165, 1.54) is 5.56 Å². The molecule has 0 spiro atoms. The molecule has 0 unspecified atom stereocenters. The molecule has 1 heterocycles. The maximum Gasteiger partial charge on any atom is 0.123 e. The van der Waals surface area contributed by atoms with Gasteiger partial charge in [-0.15, -0.1) is 0 Å². The van der Waals surface area contributed by atoms with E-state index in [0.717, 1.165) is 12.2 Å². The molecule has 20 heavy (non-hydrogen) atoms. The maximum absolute atomic E-state index is 9.20. The number of aromatic nitrogens is 1. The Morgan fingerprint density at radius 2 is 1.85 bits per heavy atom. The van der Waals surface area contributed by atoms with Gasteiger partial charge in [-0.2, -0.15) is 0 Å². The monoisotopic (exact) mass is 291 g/mol. The van der Waals surface area contributed by atoms with Crippen LogP contribution in [0.2, 0.25) is 5.02 Å². The quantitative estimate of drug-likeness (QED) is 0.857. The minimum absolute atomic E-state index is 0.0900. The lowest BCUT2D eigenvalue weighted by atomic mass is 10.2. The molecule has 1 aromatic heterocycles. The fourth-order valence-corrected chi connectivity index (χ4v) is 2.19. The third-order valence-corrected chi connectivity index (χ3v) is 3.32. The van der Waals surface area contributed by atoms with Crippen LogP contribution in [-0.2, 0) is 13.1 Å². The number of hydrogen-bond acceptors (Lipinski definition) is 4. The standard InChI is InChI=1S/C15H18ClN3O/c16-13-6-7-15(17)18-14(13)11-19(8-9-20)10-12-4-2-1-3-5-12/h1-7,20H,8-11H2,(H2,17,18). The van der Waals surface area contributed by atoms with Gasteiger partial charge in [0.15, 0.2) is 0 Å². The number of anilines is 1. The molecule has 0 radical (unpaired) electrons. The van der Waals surface area contributed by atoms with Gasteiger partial charge in [0.05, 0.1) is 17.3 Å². The summed E-state index contributed by atoms with van der Waals surface area (Å²) in [7, 11) is 0.